The van der Waals surface area contributed by atoms with E-state index in [9.17, 15) is 9.90 Å². The molecule has 38 heavy (non-hydrogen) atoms. The molecule has 3 aliphatic rings. The Kier molecular flexibility index (Phi) is 7.05. The molecule has 6 heterocycles. The molecule has 3 aromatic rings. The Morgan fingerprint density at radius 3 is 2.84 bits per heavy atom. The SMILES string of the molecule is CC(O)c1cc2cnc(Nc3ccc4c(n3)CCN(C(=O)C3CNCCO3)C4)nc2c(N2CCCCC2)n1. The quantitative estimate of drug-likeness (QED) is 0.462. The molecule has 200 valence electrons. The predicted molar refractivity (Wildman–Crippen MR) is 143 cm³/mol. The van der Waals surface area contributed by atoms with Gasteiger partial charge in [-0.05, 0) is 43.9 Å². The zero-order chi connectivity index (χ0) is 26.1. The molecule has 0 radical (unpaired) electrons. The third-order valence-electron chi connectivity index (χ3n) is 7.45. The molecule has 3 aliphatic heterocycles. The number of aliphatic hydroxyl groups excluding tert-OH is 1. The Morgan fingerprint density at radius 2 is 2.05 bits per heavy atom. The maximum atomic E-state index is 12.9. The summed E-state index contributed by atoms with van der Waals surface area (Å²) < 4.78 is 5.65. The van der Waals surface area contributed by atoms with E-state index in [4.69, 9.17) is 19.7 Å². The number of carbonyl (C=O) groups excluding carboxylic acids is 1. The van der Waals surface area contributed by atoms with Gasteiger partial charge in [0.15, 0.2) is 5.82 Å². The van der Waals surface area contributed by atoms with E-state index >= 15 is 0 Å². The van der Waals surface area contributed by atoms with E-state index < -0.39 is 12.2 Å². The zero-order valence-corrected chi connectivity index (χ0v) is 21.7. The summed E-state index contributed by atoms with van der Waals surface area (Å²) >= 11 is 0. The fourth-order valence-corrected chi connectivity index (χ4v) is 5.36. The molecule has 3 N–H and O–H groups in total. The van der Waals surface area contributed by atoms with Gasteiger partial charge in [0.05, 0.1) is 18.4 Å². The molecule has 2 saturated heterocycles. The van der Waals surface area contributed by atoms with Crippen LogP contribution in [0.5, 0.6) is 0 Å². The summed E-state index contributed by atoms with van der Waals surface area (Å²) in [4.78, 5) is 35.9. The average molecular weight is 519 g/mol. The van der Waals surface area contributed by atoms with E-state index in [-0.39, 0.29) is 5.91 Å². The van der Waals surface area contributed by atoms with Gasteiger partial charge in [-0.2, -0.15) is 0 Å². The van der Waals surface area contributed by atoms with Gasteiger partial charge in [-0.3, -0.25) is 4.79 Å². The Labute approximate surface area is 221 Å². The van der Waals surface area contributed by atoms with Crippen LogP contribution >= 0.6 is 0 Å². The lowest BCUT2D eigenvalue weighted by Crippen LogP contribution is -2.50. The van der Waals surface area contributed by atoms with Crippen LogP contribution in [0.25, 0.3) is 10.9 Å². The van der Waals surface area contributed by atoms with Crippen molar-refractivity contribution < 1.29 is 14.6 Å². The minimum Gasteiger partial charge on any atom is -0.387 e. The number of fused-ring (bicyclic) bond motifs is 2. The van der Waals surface area contributed by atoms with Gasteiger partial charge in [-0.1, -0.05) is 6.07 Å². The fourth-order valence-electron chi connectivity index (χ4n) is 5.36. The predicted octanol–water partition coefficient (Wildman–Crippen LogP) is 2.08. The molecular formula is C27H34N8O3. The molecule has 2 fully saturated rings. The molecule has 0 bridgehead atoms. The van der Waals surface area contributed by atoms with Gasteiger partial charge in [0.1, 0.15) is 17.4 Å². The highest BCUT2D eigenvalue weighted by Crippen LogP contribution is 2.30. The van der Waals surface area contributed by atoms with Gasteiger partial charge < -0.3 is 30.3 Å². The van der Waals surface area contributed by atoms with Crippen LogP contribution in [0.1, 0.15) is 49.2 Å². The molecule has 1 amide bonds. The number of carbonyl (C=O) groups is 1. The summed E-state index contributed by atoms with van der Waals surface area (Å²) in [6, 6.07) is 5.77. The Balaban J connectivity index is 1.22. The number of aliphatic hydroxyl groups is 1. The standard InChI is InChI=1S/C27H34N8O3/c1-17(36)21-13-19-14-29-27(33-24(19)25(31-21)34-9-3-2-4-10-34)32-23-6-5-18-16-35(11-7-20(18)30-23)26(37)22-15-28-8-12-38-22/h5-6,13-14,17,22,28,36H,2-4,7-12,15-16H2,1H3,(H,29,30,32,33). The van der Waals surface area contributed by atoms with Gasteiger partial charge in [-0.15, -0.1) is 0 Å². The van der Waals surface area contributed by atoms with E-state index in [0.717, 1.165) is 60.5 Å². The average Bonchev–Trinajstić information content (AvgIpc) is 2.97. The molecule has 2 atom stereocenters. The summed E-state index contributed by atoms with van der Waals surface area (Å²) in [5.41, 5.74) is 3.40. The van der Waals surface area contributed by atoms with E-state index in [0.29, 0.717) is 50.1 Å². The van der Waals surface area contributed by atoms with Gasteiger partial charge >= 0.3 is 0 Å². The van der Waals surface area contributed by atoms with Crippen molar-refractivity contribution in [1.82, 2.24) is 30.2 Å². The van der Waals surface area contributed by atoms with Crippen LogP contribution in [0.3, 0.4) is 0 Å². The van der Waals surface area contributed by atoms with Crippen LogP contribution in [0, 0.1) is 0 Å². The molecule has 3 aromatic heterocycles. The number of aromatic nitrogens is 4. The molecule has 11 heteroatoms. The number of nitrogens with zero attached hydrogens (tertiary/aromatic N) is 6. The lowest BCUT2D eigenvalue weighted by molar-refractivity contribution is -0.146. The minimum atomic E-state index is -0.668. The first-order valence-corrected chi connectivity index (χ1v) is 13.5. The van der Waals surface area contributed by atoms with Crippen LogP contribution in [0.2, 0.25) is 0 Å². The summed E-state index contributed by atoms with van der Waals surface area (Å²) in [7, 11) is 0. The number of nitrogens with one attached hydrogen (secondary N) is 2. The molecule has 2 unspecified atom stereocenters. The first-order chi connectivity index (χ1) is 18.5. The number of hydrogen-bond donors (Lipinski definition) is 3. The van der Waals surface area contributed by atoms with Crippen LogP contribution in [0.4, 0.5) is 17.6 Å². The Bertz CT molecular complexity index is 1320. The third-order valence-corrected chi connectivity index (χ3v) is 7.45. The zero-order valence-electron chi connectivity index (χ0n) is 21.7. The Morgan fingerprint density at radius 1 is 1.18 bits per heavy atom. The minimum absolute atomic E-state index is 0.0338. The summed E-state index contributed by atoms with van der Waals surface area (Å²) in [6.45, 7) is 6.63. The van der Waals surface area contributed by atoms with Crippen molar-refractivity contribution in [2.24, 2.45) is 0 Å². The maximum Gasteiger partial charge on any atom is 0.253 e. The second-order valence-corrected chi connectivity index (χ2v) is 10.2. The molecule has 0 spiro atoms. The summed E-state index contributed by atoms with van der Waals surface area (Å²) in [5, 5.41) is 17.5. The van der Waals surface area contributed by atoms with Crippen molar-refractivity contribution >= 4 is 34.4 Å². The fraction of sp³-hybridized carbons (Fsp3) is 0.519. The molecule has 11 nitrogen and oxygen atoms in total. The normalized spacial score (nSPS) is 20.7. The molecule has 0 aromatic carbocycles. The van der Waals surface area contributed by atoms with E-state index in [1.165, 1.54) is 6.42 Å². The van der Waals surface area contributed by atoms with Gasteiger partial charge in [0.25, 0.3) is 5.91 Å². The number of ether oxygens (including phenoxy) is 1. The first-order valence-electron chi connectivity index (χ1n) is 13.5. The van der Waals surface area contributed by atoms with Crippen molar-refractivity contribution in [3.63, 3.8) is 0 Å². The van der Waals surface area contributed by atoms with E-state index in [1.54, 1.807) is 13.1 Å². The van der Waals surface area contributed by atoms with Crippen LogP contribution in [-0.4, -0.2) is 81.3 Å². The molecular weight excluding hydrogens is 484 g/mol. The third kappa shape index (κ3) is 5.13. The Hall–Kier alpha value is -3.41. The lowest BCUT2D eigenvalue weighted by atomic mass is 10.0. The van der Waals surface area contributed by atoms with Crippen LogP contribution < -0.4 is 15.5 Å². The van der Waals surface area contributed by atoms with Crippen molar-refractivity contribution in [1.29, 1.82) is 0 Å². The lowest BCUT2D eigenvalue weighted by Gasteiger charge is -2.33. The van der Waals surface area contributed by atoms with Crippen LogP contribution in [0.15, 0.2) is 24.4 Å². The number of amides is 1. The molecule has 0 saturated carbocycles. The highest BCUT2D eigenvalue weighted by atomic mass is 16.5. The van der Waals surface area contributed by atoms with Gasteiger partial charge in [0.2, 0.25) is 5.95 Å². The van der Waals surface area contributed by atoms with Gasteiger partial charge in [-0.25, -0.2) is 19.9 Å². The highest BCUT2D eigenvalue weighted by molar-refractivity contribution is 5.89. The summed E-state index contributed by atoms with van der Waals surface area (Å²) in [5.74, 6) is 1.94. The first kappa shape index (κ1) is 24.9. The van der Waals surface area contributed by atoms with E-state index in [2.05, 4.69) is 20.5 Å². The monoisotopic (exact) mass is 518 g/mol. The second kappa shape index (κ2) is 10.8. The smallest absolute Gasteiger partial charge is 0.253 e. The number of rotatable bonds is 5. The molecule has 6 rings (SSSR count). The van der Waals surface area contributed by atoms with Crippen molar-refractivity contribution in [2.75, 3.05) is 49.5 Å². The maximum absolute atomic E-state index is 12.9. The topological polar surface area (TPSA) is 129 Å². The van der Waals surface area contributed by atoms with Crippen LogP contribution in [-0.2, 0) is 22.5 Å². The second-order valence-electron chi connectivity index (χ2n) is 10.2. The molecule has 0 aliphatic carbocycles. The summed E-state index contributed by atoms with van der Waals surface area (Å²) in [6.07, 6.45) is 4.82. The number of morpholine rings is 1. The number of pyridine rings is 2. The number of anilines is 3. The van der Waals surface area contributed by atoms with Crippen molar-refractivity contribution in [3.8, 4) is 0 Å². The number of hydrogen-bond acceptors (Lipinski definition) is 10. The highest BCUT2D eigenvalue weighted by Gasteiger charge is 2.29. The van der Waals surface area contributed by atoms with E-state index in [1.807, 2.05) is 23.1 Å². The van der Waals surface area contributed by atoms with Crippen molar-refractivity contribution in [2.45, 2.75) is 51.4 Å². The number of piperidine rings is 1. The van der Waals surface area contributed by atoms with Crippen molar-refractivity contribution in [3.05, 3.63) is 41.3 Å². The largest absolute Gasteiger partial charge is 0.387 e. The van der Waals surface area contributed by atoms with Gasteiger partial charge in [0, 0.05) is 63.0 Å².